The monoisotopic (exact) mass is 321 g/mol. The predicted octanol–water partition coefficient (Wildman–Crippen LogP) is 3.08. The molecule has 0 atom stereocenters. The predicted molar refractivity (Wildman–Crippen MR) is 88.3 cm³/mol. The Morgan fingerprint density at radius 3 is 2.52 bits per heavy atom. The Morgan fingerprint density at radius 2 is 1.81 bits per heavy atom. The van der Waals surface area contributed by atoms with Gasteiger partial charge in [0.1, 0.15) is 9.84 Å². The van der Waals surface area contributed by atoms with E-state index < -0.39 is 9.84 Å². The van der Waals surface area contributed by atoms with Gasteiger partial charge in [0.15, 0.2) is 0 Å². The van der Waals surface area contributed by atoms with E-state index in [4.69, 9.17) is 0 Å². The summed E-state index contributed by atoms with van der Waals surface area (Å²) in [7, 11) is -2.77. The van der Waals surface area contributed by atoms with Crippen LogP contribution >= 0.6 is 11.3 Å². The van der Waals surface area contributed by atoms with Crippen LogP contribution in [-0.4, -0.2) is 26.0 Å². The maximum absolute atomic E-state index is 11.4. The molecule has 1 fully saturated rings. The van der Waals surface area contributed by atoms with Crippen molar-refractivity contribution in [2.45, 2.75) is 25.4 Å². The van der Waals surface area contributed by atoms with Crippen LogP contribution in [0.25, 0.3) is 11.1 Å². The van der Waals surface area contributed by atoms with E-state index in [-0.39, 0.29) is 0 Å². The van der Waals surface area contributed by atoms with Crippen molar-refractivity contribution in [2.24, 2.45) is 0 Å². The Bertz CT molecular complexity index is 678. The van der Waals surface area contributed by atoms with E-state index in [9.17, 15) is 8.42 Å². The van der Waals surface area contributed by atoms with Crippen LogP contribution in [0.15, 0.2) is 41.8 Å². The molecule has 0 aliphatic carbocycles. The molecule has 0 amide bonds. The highest BCUT2D eigenvalue weighted by Crippen LogP contribution is 2.25. The second-order valence-corrected chi connectivity index (χ2v) is 8.77. The van der Waals surface area contributed by atoms with Crippen molar-refractivity contribution in [3.63, 3.8) is 0 Å². The van der Waals surface area contributed by atoms with Gasteiger partial charge in [-0.15, -0.1) is 11.3 Å². The van der Waals surface area contributed by atoms with Gasteiger partial charge in [0.05, 0.1) is 11.5 Å². The van der Waals surface area contributed by atoms with Gasteiger partial charge in [0, 0.05) is 17.5 Å². The molecule has 1 N–H and O–H groups in total. The lowest BCUT2D eigenvalue weighted by Gasteiger charge is -2.22. The number of hydrogen-bond donors (Lipinski definition) is 1. The largest absolute Gasteiger partial charge is 0.309 e. The lowest BCUT2D eigenvalue weighted by molar-refractivity contribution is 0.465. The van der Waals surface area contributed by atoms with Gasteiger partial charge >= 0.3 is 0 Å². The zero-order valence-corrected chi connectivity index (χ0v) is 13.4. The molecule has 0 bridgehead atoms. The van der Waals surface area contributed by atoms with E-state index in [1.54, 1.807) is 11.3 Å². The molecule has 2 heterocycles. The number of nitrogens with one attached hydrogen (secondary N) is 1. The van der Waals surface area contributed by atoms with E-state index in [0.717, 1.165) is 19.4 Å². The van der Waals surface area contributed by atoms with Gasteiger partial charge in [-0.25, -0.2) is 8.42 Å². The smallest absolute Gasteiger partial charge is 0.150 e. The van der Waals surface area contributed by atoms with Crippen LogP contribution in [0.2, 0.25) is 0 Å². The molecule has 1 saturated heterocycles. The highest BCUT2D eigenvalue weighted by atomic mass is 32.2. The summed E-state index contributed by atoms with van der Waals surface area (Å²) < 4.78 is 22.8. The summed E-state index contributed by atoms with van der Waals surface area (Å²) in [6.07, 6.45) is 1.47. The Balaban J connectivity index is 1.56. The maximum Gasteiger partial charge on any atom is 0.150 e. The van der Waals surface area contributed by atoms with Crippen molar-refractivity contribution < 1.29 is 8.42 Å². The fourth-order valence-electron chi connectivity index (χ4n) is 2.59. The highest BCUT2D eigenvalue weighted by molar-refractivity contribution is 7.91. The molecule has 5 heteroatoms. The second-order valence-electron chi connectivity index (χ2n) is 5.47. The lowest BCUT2D eigenvalue weighted by Crippen LogP contribution is -2.36. The molecule has 1 aromatic heterocycles. The number of thiophene rings is 1. The van der Waals surface area contributed by atoms with Gasteiger partial charge in [-0.2, -0.15) is 0 Å². The van der Waals surface area contributed by atoms with Crippen LogP contribution in [0.4, 0.5) is 0 Å². The van der Waals surface area contributed by atoms with Gasteiger partial charge in [0.25, 0.3) is 0 Å². The molecular formula is C16H19NO2S2. The van der Waals surface area contributed by atoms with Gasteiger partial charge in [-0.05, 0) is 35.4 Å². The first-order valence-electron chi connectivity index (χ1n) is 7.19. The zero-order chi connectivity index (χ0) is 14.7. The standard InChI is InChI=1S/C16H19NO2S2/c18-21(19)8-6-15(7-9-21)17-11-16-10-14(12-20-16)13-4-2-1-3-5-13/h1-5,10,12,15,17H,6-9,11H2. The SMILES string of the molecule is O=S1(=O)CCC(NCc2cc(-c3ccccc3)cs2)CC1. The van der Waals surface area contributed by atoms with Crippen molar-refractivity contribution in [3.8, 4) is 11.1 Å². The number of benzene rings is 1. The van der Waals surface area contributed by atoms with Crippen LogP contribution in [0, 0.1) is 0 Å². The first-order chi connectivity index (χ1) is 10.1. The van der Waals surface area contributed by atoms with Crippen LogP contribution in [0.5, 0.6) is 0 Å². The first kappa shape index (κ1) is 14.8. The molecule has 3 nitrogen and oxygen atoms in total. The van der Waals surface area contributed by atoms with E-state index in [2.05, 4.69) is 28.9 Å². The average Bonchev–Trinajstić information content (AvgIpc) is 2.96. The summed E-state index contributed by atoms with van der Waals surface area (Å²) in [5.41, 5.74) is 2.49. The summed E-state index contributed by atoms with van der Waals surface area (Å²) >= 11 is 1.75. The Hall–Kier alpha value is -1.17. The molecule has 112 valence electrons. The number of hydrogen-bond acceptors (Lipinski definition) is 4. The zero-order valence-electron chi connectivity index (χ0n) is 11.8. The van der Waals surface area contributed by atoms with E-state index in [0.29, 0.717) is 17.5 Å². The molecule has 1 aliphatic rings. The topological polar surface area (TPSA) is 46.2 Å². The number of rotatable bonds is 4. The summed E-state index contributed by atoms with van der Waals surface area (Å²) in [5, 5.41) is 5.66. The third kappa shape index (κ3) is 3.93. The van der Waals surface area contributed by atoms with Crippen LogP contribution in [0.3, 0.4) is 0 Å². The van der Waals surface area contributed by atoms with Gasteiger partial charge < -0.3 is 5.32 Å². The van der Waals surface area contributed by atoms with Gasteiger partial charge in [0.2, 0.25) is 0 Å². The maximum atomic E-state index is 11.4. The molecule has 0 unspecified atom stereocenters. The average molecular weight is 321 g/mol. The molecule has 1 aromatic carbocycles. The Morgan fingerprint density at radius 1 is 1.10 bits per heavy atom. The van der Waals surface area contributed by atoms with Crippen molar-refractivity contribution in [1.82, 2.24) is 5.32 Å². The minimum Gasteiger partial charge on any atom is -0.309 e. The van der Waals surface area contributed by atoms with Crippen molar-refractivity contribution in [2.75, 3.05) is 11.5 Å². The fourth-order valence-corrected chi connectivity index (χ4v) is 4.93. The molecule has 2 aromatic rings. The highest BCUT2D eigenvalue weighted by Gasteiger charge is 2.23. The van der Waals surface area contributed by atoms with Crippen LogP contribution in [0.1, 0.15) is 17.7 Å². The molecule has 0 radical (unpaired) electrons. The first-order valence-corrected chi connectivity index (χ1v) is 9.89. The van der Waals surface area contributed by atoms with Crippen LogP contribution in [-0.2, 0) is 16.4 Å². The summed E-state index contributed by atoms with van der Waals surface area (Å²) in [6.45, 7) is 0.822. The molecule has 3 rings (SSSR count). The molecule has 0 saturated carbocycles. The second kappa shape index (κ2) is 6.30. The van der Waals surface area contributed by atoms with Gasteiger partial charge in [-0.3, -0.25) is 0 Å². The summed E-state index contributed by atoms with van der Waals surface area (Å²) in [5.74, 6) is 0.648. The minimum atomic E-state index is -2.77. The van der Waals surface area contributed by atoms with E-state index in [1.165, 1.54) is 16.0 Å². The van der Waals surface area contributed by atoms with E-state index in [1.807, 2.05) is 18.2 Å². The summed E-state index contributed by atoms with van der Waals surface area (Å²) in [6, 6.07) is 12.9. The summed E-state index contributed by atoms with van der Waals surface area (Å²) in [4.78, 5) is 1.29. The molecule has 0 spiro atoms. The van der Waals surface area contributed by atoms with Crippen molar-refractivity contribution in [3.05, 3.63) is 46.7 Å². The molecular weight excluding hydrogens is 302 g/mol. The molecule has 1 aliphatic heterocycles. The Kier molecular flexibility index (Phi) is 4.42. The number of sulfone groups is 1. The minimum absolute atomic E-state index is 0.324. The van der Waals surface area contributed by atoms with Crippen LogP contribution < -0.4 is 5.32 Å². The van der Waals surface area contributed by atoms with Gasteiger partial charge in [-0.1, -0.05) is 30.3 Å². The van der Waals surface area contributed by atoms with E-state index >= 15 is 0 Å². The van der Waals surface area contributed by atoms with Crippen molar-refractivity contribution in [1.29, 1.82) is 0 Å². The fraction of sp³-hybridized carbons (Fsp3) is 0.375. The normalized spacial score (nSPS) is 18.7. The third-order valence-corrected chi connectivity index (χ3v) is 6.53. The van der Waals surface area contributed by atoms with Crippen molar-refractivity contribution >= 4 is 21.2 Å². The molecule has 21 heavy (non-hydrogen) atoms. The third-order valence-electron chi connectivity index (χ3n) is 3.88. The lowest BCUT2D eigenvalue weighted by atomic mass is 10.1. The Labute approximate surface area is 129 Å². The quantitative estimate of drug-likeness (QED) is 0.941.